The molecule has 1 saturated carbocycles. The fourth-order valence-electron chi connectivity index (χ4n) is 2.57. The molecule has 0 saturated heterocycles. The van der Waals surface area contributed by atoms with Crippen LogP contribution in [0.1, 0.15) is 44.2 Å². The Morgan fingerprint density at radius 2 is 2.00 bits per heavy atom. The number of nitriles is 1. The van der Waals surface area contributed by atoms with E-state index in [4.69, 9.17) is 0 Å². The summed E-state index contributed by atoms with van der Waals surface area (Å²) in [5, 5.41) is 12.0. The van der Waals surface area contributed by atoms with Gasteiger partial charge in [0.2, 0.25) is 5.91 Å². The second-order valence-corrected chi connectivity index (χ2v) is 5.27. The fraction of sp³-hybridized carbons (Fsp3) is 0.467. The highest BCUT2D eigenvalue weighted by Crippen LogP contribution is 2.38. The van der Waals surface area contributed by atoms with Crippen molar-refractivity contribution in [1.82, 2.24) is 5.32 Å². The van der Waals surface area contributed by atoms with E-state index in [9.17, 15) is 18.8 Å². The Morgan fingerprint density at radius 3 is 2.55 bits per heavy atom. The molecule has 106 valence electrons. The van der Waals surface area contributed by atoms with E-state index in [-0.39, 0.29) is 5.91 Å². The molecule has 0 heterocycles. The summed E-state index contributed by atoms with van der Waals surface area (Å²) in [7, 11) is 0. The number of nitrogens with zero attached hydrogens (tertiary/aromatic N) is 1. The van der Waals surface area contributed by atoms with Gasteiger partial charge in [-0.25, -0.2) is 8.78 Å². The standard InChI is InChI=1S/C15H16F2N2O/c1-10(11-4-5-12(16)13(17)8-11)19-14(20)15(9-18)6-2-3-7-15/h4-5,8,10H,2-3,6-7H2,1H3,(H,19,20). The van der Waals surface area contributed by atoms with Crippen LogP contribution in [0.25, 0.3) is 0 Å². The van der Waals surface area contributed by atoms with Gasteiger partial charge in [0.05, 0.1) is 12.1 Å². The molecule has 1 atom stereocenters. The second-order valence-electron chi connectivity index (χ2n) is 5.27. The molecule has 1 aromatic carbocycles. The number of benzene rings is 1. The van der Waals surface area contributed by atoms with Crippen molar-refractivity contribution < 1.29 is 13.6 Å². The SMILES string of the molecule is CC(NC(=O)C1(C#N)CCCC1)c1ccc(F)c(F)c1. The zero-order valence-corrected chi connectivity index (χ0v) is 11.2. The van der Waals surface area contributed by atoms with E-state index < -0.39 is 23.1 Å². The van der Waals surface area contributed by atoms with Gasteiger partial charge in [-0.2, -0.15) is 5.26 Å². The summed E-state index contributed by atoms with van der Waals surface area (Å²) in [5.41, 5.74) is -0.490. The molecule has 1 aliphatic carbocycles. The molecule has 3 nitrogen and oxygen atoms in total. The third-order valence-electron chi connectivity index (χ3n) is 3.90. The number of carbonyl (C=O) groups excluding carboxylic acids is 1. The molecule has 1 N–H and O–H groups in total. The minimum absolute atomic E-state index is 0.324. The van der Waals surface area contributed by atoms with Gasteiger partial charge in [0.25, 0.3) is 0 Å². The lowest BCUT2D eigenvalue weighted by molar-refractivity contribution is -0.128. The Balaban J connectivity index is 2.11. The molecule has 1 fully saturated rings. The van der Waals surface area contributed by atoms with Gasteiger partial charge in [-0.3, -0.25) is 4.79 Å². The predicted octanol–water partition coefficient (Wildman–Crippen LogP) is 3.23. The smallest absolute Gasteiger partial charge is 0.240 e. The lowest BCUT2D eigenvalue weighted by Gasteiger charge is -2.23. The Morgan fingerprint density at radius 1 is 1.35 bits per heavy atom. The van der Waals surface area contributed by atoms with Crippen LogP contribution in [-0.4, -0.2) is 5.91 Å². The van der Waals surface area contributed by atoms with Gasteiger partial charge in [0.15, 0.2) is 11.6 Å². The molecule has 2 rings (SSSR count). The first-order chi connectivity index (χ1) is 9.48. The molecule has 1 amide bonds. The Kier molecular flexibility index (Phi) is 4.03. The van der Waals surface area contributed by atoms with Crippen LogP contribution >= 0.6 is 0 Å². The third-order valence-corrected chi connectivity index (χ3v) is 3.90. The number of carbonyl (C=O) groups is 1. The van der Waals surface area contributed by atoms with Crippen LogP contribution < -0.4 is 5.32 Å². The zero-order chi connectivity index (χ0) is 14.8. The first kappa shape index (κ1) is 14.4. The first-order valence-corrected chi connectivity index (χ1v) is 6.66. The number of hydrogen-bond acceptors (Lipinski definition) is 2. The maximum absolute atomic E-state index is 13.2. The third kappa shape index (κ3) is 2.64. The molecule has 1 aliphatic rings. The molecule has 0 aliphatic heterocycles. The fourth-order valence-corrected chi connectivity index (χ4v) is 2.57. The van der Waals surface area contributed by atoms with Crippen molar-refractivity contribution in [3.05, 3.63) is 35.4 Å². The average Bonchev–Trinajstić information content (AvgIpc) is 2.91. The zero-order valence-electron chi connectivity index (χ0n) is 11.2. The molecule has 20 heavy (non-hydrogen) atoms. The van der Waals surface area contributed by atoms with Gasteiger partial charge in [-0.05, 0) is 37.5 Å². The number of halogens is 2. The Bertz CT molecular complexity index is 559. The maximum atomic E-state index is 13.2. The molecule has 1 unspecified atom stereocenters. The van der Waals surface area contributed by atoms with Crippen LogP contribution in [0.15, 0.2) is 18.2 Å². The molecule has 0 bridgehead atoms. The van der Waals surface area contributed by atoms with E-state index in [2.05, 4.69) is 11.4 Å². The van der Waals surface area contributed by atoms with Crippen LogP contribution in [-0.2, 0) is 4.79 Å². The van der Waals surface area contributed by atoms with Crippen molar-refractivity contribution in [3.63, 3.8) is 0 Å². The van der Waals surface area contributed by atoms with E-state index in [1.54, 1.807) is 6.92 Å². The van der Waals surface area contributed by atoms with E-state index >= 15 is 0 Å². The summed E-state index contributed by atoms with van der Waals surface area (Å²) < 4.78 is 26.1. The van der Waals surface area contributed by atoms with Gasteiger partial charge in [-0.1, -0.05) is 18.9 Å². The minimum atomic E-state index is -0.965. The molecular weight excluding hydrogens is 262 g/mol. The van der Waals surface area contributed by atoms with Gasteiger partial charge in [0.1, 0.15) is 5.41 Å². The van der Waals surface area contributed by atoms with E-state index in [1.807, 2.05) is 0 Å². The highest BCUT2D eigenvalue weighted by molar-refractivity contribution is 5.86. The number of amides is 1. The maximum Gasteiger partial charge on any atom is 0.240 e. The predicted molar refractivity (Wildman–Crippen MR) is 69.4 cm³/mol. The van der Waals surface area contributed by atoms with E-state index in [1.165, 1.54) is 6.07 Å². The summed E-state index contributed by atoms with van der Waals surface area (Å²) in [6.45, 7) is 1.69. The van der Waals surface area contributed by atoms with Crippen molar-refractivity contribution in [1.29, 1.82) is 5.26 Å². The van der Waals surface area contributed by atoms with Gasteiger partial charge >= 0.3 is 0 Å². The molecule has 0 radical (unpaired) electrons. The van der Waals surface area contributed by atoms with Crippen molar-refractivity contribution in [2.45, 2.75) is 38.6 Å². The number of hydrogen-bond donors (Lipinski definition) is 1. The summed E-state index contributed by atoms with van der Waals surface area (Å²) in [5.74, 6) is -2.19. The lowest BCUT2D eigenvalue weighted by atomic mass is 9.86. The quantitative estimate of drug-likeness (QED) is 0.923. The van der Waals surface area contributed by atoms with Crippen LogP contribution in [0.4, 0.5) is 8.78 Å². The molecule has 1 aromatic rings. The second kappa shape index (κ2) is 5.58. The molecule has 5 heteroatoms. The molecule has 0 aromatic heterocycles. The monoisotopic (exact) mass is 278 g/mol. The van der Waals surface area contributed by atoms with Gasteiger partial charge < -0.3 is 5.32 Å². The minimum Gasteiger partial charge on any atom is -0.348 e. The van der Waals surface area contributed by atoms with Crippen LogP contribution in [0.5, 0.6) is 0 Å². The van der Waals surface area contributed by atoms with Crippen LogP contribution in [0.3, 0.4) is 0 Å². The Labute approximate surface area is 116 Å². The summed E-state index contributed by atoms with van der Waals surface area (Å²) in [6, 6.07) is 5.16. The Hall–Kier alpha value is -1.96. The van der Waals surface area contributed by atoms with E-state index in [0.717, 1.165) is 25.0 Å². The average molecular weight is 278 g/mol. The van der Waals surface area contributed by atoms with Crippen molar-refractivity contribution in [3.8, 4) is 6.07 Å². The summed E-state index contributed by atoms with van der Waals surface area (Å²) in [4.78, 5) is 12.2. The largest absolute Gasteiger partial charge is 0.348 e. The van der Waals surface area contributed by atoms with Gasteiger partial charge in [-0.15, -0.1) is 0 Å². The van der Waals surface area contributed by atoms with Gasteiger partial charge in [0, 0.05) is 0 Å². The molecule has 0 spiro atoms. The van der Waals surface area contributed by atoms with Crippen LogP contribution in [0.2, 0.25) is 0 Å². The topological polar surface area (TPSA) is 52.9 Å². The highest BCUT2D eigenvalue weighted by Gasteiger charge is 2.41. The lowest BCUT2D eigenvalue weighted by Crippen LogP contribution is -2.39. The normalized spacial score (nSPS) is 18.3. The van der Waals surface area contributed by atoms with Crippen molar-refractivity contribution in [2.75, 3.05) is 0 Å². The van der Waals surface area contributed by atoms with Crippen molar-refractivity contribution in [2.24, 2.45) is 5.41 Å². The van der Waals surface area contributed by atoms with E-state index in [0.29, 0.717) is 18.4 Å². The number of rotatable bonds is 3. The molecular formula is C15H16F2N2O. The first-order valence-electron chi connectivity index (χ1n) is 6.66. The van der Waals surface area contributed by atoms with Crippen LogP contribution in [0, 0.1) is 28.4 Å². The summed E-state index contributed by atoms with van der Waals surface area (Å²) in [6.07, 6.45) is 2.83. The highest BCUT2D eigenvalue weighted by atomic mass is 19.2. The van der Waals surface area contributed by atoms with Crippen molar-refractivity contribution >= 4 is 5.91 Å². The number of nitrogens with one attached hydrogen (secondary N) is 1. The summed E-state index contributed by atoms with van der Waals surface area (Å²) >= 11 is 0.